The molecule has 1 rings (SSSR count). The van der Waals surface area contributed by atoms with Gasteiger partial charge in [0, 0.05) is 28.3 Å². The lowest BCUT2D eigenvalue weighted by atomic mass is 10.2. The Balaban J connectivity index is 2.56. The van der Waals surface area contributed by atoms with E-state index in [9.17, 15) is 9.00 Å². The molecule has 1 unspecified atom stereocenters. The Morgan fingerprint density at radius 3 is 2.75 bits per heavy atom. The maximum atomic E-state index is 11.8. The Hall–Kier alpha value is -1.56. The number of nitrogens with one attached hydrogen (secondary N) is 1. The molecule has 1 atom stereocenters. The Morgan fingerprint density at radius 1 is 1.45 bits per heavy atom. The van der Waals surface area contributed by atoms with Crippen molar-refractivity contribution in [2.75, 3.05) is 29.7 Å². The van der Waals surface area contributed by atoms with Gasteiger partial charge in [0.25, 0.3) is 0 Å². The number of carbonyl (C=O) groups excluding carboxylic acids is 1. The molecule has 0 aliphatic heterocycles. The van der Waals surface area contributed by atoms with E-state index in [0.29, 0.717) is 28.8 Å². The fourth-order valence-electron chi connectivity index (χ4n) is 1.58. The van der Waals surface area contributed by atoms with Gasteiger partial charge >= 0.3 is 0 Å². The van der Waals surface area contributed by atoms with Crippen molar-refractivity contribution in [1.29, 1.82) is 0 Å². The molecule has 3 N–H and O–H groups in total. The van der Waals surface area contributed by atoms with Crippen LogP contribution in [0.15, 0.2) is 18.2 Å². The number of benzene rings is 1. The predicted octanol–water partition coefficient (Wildman–Crippen LogP) is 2.01. The zero-order valence-electron chi connectivity index (χ0n) is 12.1. The average molecular weight is 298 g/mol. The largest absolute Gasteiger partial charge is 0.494 e. The Kier molecular flexibility index (Phi) is 6.51. The highest BCUT2D eigenvalue weighted by Crippen LogP contribution is 2.26. The van der Waals surface area contributed by atoms with Crippen LogP contribution in [0.2, 0.25) is 0 Å². The van der Waals surface area contributed by atoms with Crippen molar-refractivity contribution in [2.45, 2.75) is 20.3 Å². The minimum atomic E-state index is -1.13. The van der Waals surface area contributed by atoms with Crippen LogP contribution in [-0.2, 0) is 15.6 Å². The molecule has 1 amide bonds. The minimum Gasteiger partial charge on any atom is -0.494 e. The molecule has 0 fully saturated rings. The summed E-state index contributed by atoms with van der Waals surface area (Å²) < 4.78 is 16.9. The molecule has 0 saturated heterocycles. The molecule has 5 nitrogen and oxygen atoms in total. The monoisotopic (exact) mass is 298 g/mol. The van der Waals surface area contributed by atoms with Crippen LogP contribution in [-0.4, -0.2) is 28.7 Å². The summed E-state index contributed by atoms with van der Waals surface area (Å²) >= 11 is 0. The van der Waals surface area contributed by atoms with Gasteiger partial charge in [0.15, 0.2) is 0 Å². The van der Waals surface area contributed by atoms with Gasteiger partial charge in [-0.1, -0.05) is 13.8 Å². The molecule has 112 valence electrons. The smallest absolute Gasteiger partial charge is 0.237 e. The molecule has 6 heteroatoms. The number of nitrogen functional groups attached to an aromatic ring is 1. The normalized spacial score (nSPS) is 12.2. The van der Waals surface area contributed by atoms with E-state index in [0.717, 1.165) is 6.42 Å². The third-order valence-corrected chi connectivity index (χ3v) is 3.99. The third kappa shape index (κ3) is 5.61. The van der Waals surface area contributed by atoms with Crippen LogP contribution in [0.3, 0.4) is 0 Å². The SMILES string of the molecule is COc1cc(N)ccc1NC(=O)CS(=O)CCC(C)C. The molecule has 0 aliphatic rings. The van der Waals surface area contributed by atoms with Gasteiger partial charge < -0.3 is 15.8 Å². The second kappa shape index (κ2) is 7.89. The first kappa shape index (κ1) is 16.5. The van der Waals surface area contributed by atoms with E-state index in [1.165, 1.54) is 7.11 Å². The van der Waals surface area contributed by atoms with Crippen LogP contribution in [0, 0.1) is 5.92 Å². The fraction of sp³-hybridized carbons (Fsp3) is 0.500. The highest BCUT2D eigenvalue weighted by Gasteiger charge is 2.11. The number of amides is 1. The van der Waals surface area contributed by atoms with E-state index in [4.69, 9.17) is 10.5 Å². The average Bonchev–Trinajstić information content (AvgIpc) is 2.38. The van der Waals surface area contributed by atoms with Crippen molar-refractivity contribution in [3.8, 4) is 5.75 Å². The number of ether oxygens (including phenoxy) is 1. The van der Waals surface area contributed by atoms with Crippen LogP contribution < -0.4 is 15.8 Å². The summed E-state index contributed by atoms with van der Waals surface area (Å²) in [4.78, 5) is 11.8. The van der Waals surface area contributed by atoms with E-state index in [-0.39, 0.29) is 11.7 Å². The summed E-state index contributed by atoms with van der Waals surface area (Å²) in [5.41, 5.74) is 6.73. The number of rotatable bonds is 7. The van der Waals surface area contributed by atoms with E-state index in [1.807, 2.05) is 0 Å². The number of nitrogens with two attached hydrogens (primary N) is 1. The van der Waals surface area contributed by atoms with Gasteiger partial charge in [-0.3, -0.25) is 9.00 Å². The Morgan fingerprint density at radius 2 is 2.15 bits per heavy atom. The summed E-state index contributed by atoms with van der Waals surface area (Å²) in [6.07, 6.45) is 0.852. The van der Waals surface area contributed by atoms with Crippen molar-refractivity contribution < 1.29 is 13.7 Å². The van der Waals surface area contributed by atoms with Crippen LogP contribution in [0.25, 0.3) is 0 Å². The molecule has 1 aromatic rings. The molecule has 0 bridgehead atoms. The van der Waals surface area contributed by atoms with Crippen molar-refractivity contribution >= 4 is 28.1 Å². The van der Waals surface area contributed by atoms with E-state index in [2.05, 4.69) is 19.2 Å². The van der Waals surface area contributed by atoms with Gasteiger partial charge in [-0.05, 0) is 24.5 Å². The predicted molar refractivity (Wildman–Crippen MR) is 83.4 cm³/mol. The Labute approximate surface area is 122 Å². The minimum absolute atomic E-state index is 0.000249. The van der Waals surface area contributed by atoms with Crippen LogP contribution in [0.1, 0.15) is 20.3 Å². The van der Waals surface area contributed by atoms with Gasteiger partial charge in [-0.2, -0.15) is 0 Å². The topological polar surface area (TPSA) is 81.4 Å². The van der Waals surface area contributed by atoms with Crippen molar-refractivity contribution in [2.24, 2.45) is 5.92 Å². The van der Waals surface area contributed by atoms with Gasteiger partial charge in [0.1, 0.15) is 11.5 Å². The van der Waals surface area contributed by atoms with Crippen LogP contribution in [0.5, 0.6) is 5.75 Å². The van der Waals surface area contributed by atoms with E-state index < -0.39 is 10.8 Å². The molecular weight excluding hydrogens is 276 g/mol. The second-order valence-electron chi connectivity index (χ2n) is 4.98. The van der Waals surface area contributed by atoms with Gasteiger partial charge in [-0.25, -0.2) is 0 Å². The summed E-state index contributed by atoms with van der Waals surface area (Å²) in [6, 6.07) is 4.97. The first-order chi connectivity index (χ1) is 9.42. The number of methoxy groups -OCH3 is 1. The fourth-order valence-corrected chi connectivity index (χ4v) is 2.83. The summed E-state index contributed by atoms with van der Waals surface area (Å²) in [5, 5.41) is 2.69. The number of anilines is 2. The third-order valence-electron chi connectivity index (χ3n) is 2.71. The molecule has 0 radical (unpaired) electrons. The lowest BCUT2D eigenvalue weighted by Gasteiger charge is -2.11. The molecule has 20 heavy (non-hydrogen) atoms. The quantitative estimate of drug-likeness (QED) is 0.754. The standard InChI is InChI=1S/C14H22N2O3S/c1-10(2)6-7-20(18)9-14(17)16-12-5-4-11(15)8-13(12)19-3/h4-5,8,10H,6-7,9,15H2,1-3H3,(H,16,17). The van der Waals surface area contributed by atoms with Crippen LogP contribution >= 0.6 is 0 Å². The summed E-state index contributed by atoms with van der Waals surface area (Å²) in [6.45, 7) is 4.13. The van der Waals surface area contributed by atoms with Crippen LogP contribution in [0.4, 0.5) is 11.4 Å². The van der Waals surface area contributed by atoms with Gasteiger partial charge in [-0.15, -0.1) is 0 Å². The first-order valence-corrected chi connectivity index (χ1v) is 7.99. The highest BCUT2D eigenvalue weighted by atomic mass is 32.2. The molecule has 0 aliphatic carbocycles. The lowest BCUT2D eigenvalue weighted by molar-refractivity contribution is -0.113. The maximum absolute atomic E-state index is 11.8. The number of carbonyl (C=O) groups is 1. The van der Waals surface area contributed by atoms with E-state index >= 15 is 0 Å². The lowest BCUT2D eigenvalue weighted by Crippen LogP contribution is -2.21. The van der Waals surface area contributed by atoms with Crippen molar-refractivity contribution in [1.82, 2.24) is 0 Å². The molecule has 1 aromatic carbocycles. The van der Waals surface area contributed by atoms with Gasteiger partial charge in [0.05, 0.1) is 12.8 Å². The summed E-state index contributed by atoms with van der Waals surface area (Å²) in [7, 11) is 0.370. The first-order valence-electron chi connectivity index (χ1n) is 6.50. The van der Waals surface area contributed by atoms with Crippen molar-refractivity contribution in [3.05, 3.63) is 18.2 Å². The molecule has 0 aromatic heterocycles. The maximum Gasteiger partial charge on any atom is 0.237 e. The molecule has 0 saturated carbocycles. The number of hydrogen-bond donors (Lipinski definition) is 2. The van der Waals surface area contributed by atoms with Gasteiger partial charge in [0.2, 0.25) is 5.91 Å². The Bertz CT molecular complexity index is 489. The summed E-state index contributed by atoms with van der Waals surface area (Å²) in [5.74, 6) is 1.24. The zero-order chi connectivity index (χ0) is 15.1. The molecule has 0 spiro atoms. The van der Waals surface area contributed by atoms with Crippen molar-refractivity contribution in [3.63, 3.8) is 0 Å². The zero-order valence-corrected chi connectivity index (χ0v) is 13.0. The molecular formula is C14H22N2O3S. The highest BCUT2D eigenvalue weighted by molar-refractivity contribution is 7.85. The number of hydrogen-bond acceptors (Lipinski definition) is 4. The second-order valence-corrected chi connectivity index (χ2v) is 6.56. The van der Waals surface area contributed by atoms with E-state index in [1.54, 1.807) is 18.2 Å². The molecule has 0 heterocycles.